The van der Waals surface area contributed by atoms with Crippen molar-refractivity contribution in [3.8, 4) is 67.0 Å². The van der Waals surface area contributed by atoms with E-state index in [2.05, 4.69) is 240 Å². The lowest BCUT2D eigenvalue weighted by Gasteiger charge is -2.16. The predicted octanol–water partition coefficient (Wildman–Crippen LogP) is 16.8. The molecule has 64 heavy (non-hydrogen) atoms. The van der Waals surface area contributed by atoms with Gasteiger partial charge in [-0.25, -0.2) is 0 Å². The van der Waals surface area contributed by atoms with Crippen LogP contribution in [-0.4, -0.2) is 9.13 Å². The van der Waals surface area contributed by atoms with Crippen LogP contribution in [0.3, 0.4) is 0 Å². The molecule has 13 aromatic rings. The summed E-state index contributed by atoms with van der Waals surface area (Å²) in [5.41, 5.74) is 19.6. The summed E-state index contributed by atoms with van der Waals surface area (Å²) >= 11 is 0. The molecule has 2 nitrogen and oxygen atoms in total. The first kappa shape index (κ1) is 35.2. The summed E-state index contributed by atoms with van der Waals surface area (Å²) in [6.07, 6.45) is 0. The van der Waals surface area contributed by atoms with Crippen LogP contribution >= 0.6 is 0 Å². The molecule has 0 saturated carbocycles. The van der Waals surface area contributed by atoms with Gasteiger partial charge in [-0.15, -0.1) is 0 Å². The Bertz CT molecular complexity index is 4040. The highest BCUT2D eigenvalue weighted by molar-refractivity contribution is 6.21. The largest absolute Gasteiger partial charge is 0.309 e. The molecule has 14 rings (SSSR count). The Labute approximate surface area is 370 Å². The summed E-state index contributed by atoms with van der Waals surface area (Å²) < 4.78 is 4.94. The molecular weight excluding hydrogens is 773 g/mol. The molecule has 1 aliphatic rings. The zero-order valence-electron chi connectivity index (χ0n) is 34.8. The SMILES string of the molecule is c1ccc(-n2c3ccccc3c3ccc(-c4ccc5c6ccc7ccccc7c6n(-c6ccccc6-c6cccc(-c7ccc8c9c(cccc79)-c7ccccc7-8)c6)c5c4)cc32)cc1. The second-order valence-electron chi connectivity index (χ2n) is 17.2. The molecule has 0 spiro atoms. The van der Waals surface area contributed by atoms with Gasteiger partial charge in [-0.05, 0) is 109 Å². The first-order valence-electron chi connectivity index (χ1n) is 22.2. The Hall–Kier alpha value is -8.46. The third-order valence-electron chi connectivity index (χ3n) is 13.9. The smallest absolute Gasteiger partial charge is 0.0619 e. The fourth-order valence-electron chi connectivity index (χ4n) is 11.0. The molecule has 1 aliphatic carbocycles. The first-order valence-corrected chi connectivity index (χ1v) is 22.2. The van der Waals surface area contributed by atoms with E-state index >= 15 is 0 Å². The lowest BCUT2D eigenvalue weighted by molar-refractivity contribution is 1.18. The Morgan fingerprint density at radius 2 is 0.797 bits per heavy atom. The van der Waals surface area contributed by atoms with Crippen molar-refractivity contribution in [1.82, 2.24) is 9.13 Å². The first-order chi connectivity index (χ1) is 31.8. The molecule has 2 aromatic heterocycles. The predicted molar refractivity (Wildman–Crippen MR) is 271 cm³/mol. The molecule has 0 fully saturated rings. The van der Waals surface area contributed by atoms with Crippen molar-refractivity contribution in [1.29, 1.82) is 0 Å². The van der Waals surface area contributed by atoms with Crippen LogP contribution in [0.15, 0.2) is 231 Å². The fraction of sp³-hybridized carbons (Fsp3) is 0. The minimum Gasteiger partial charge on any atom is -0.309 e. The number of hydrogen-bond donors (Lipinski definition) is 0. The van der Waals surface area contributed by atoms with Crippen molar-refractivity contribution in [3.05, 3.63) is 231 Å². The summed E-state index contributed by atoms with van der Waals surface area (Å²) in [5.74, 6) is 0. The van der Waals surface area contributed by atoms with E-state index in [9.17, 15) is 0 Å². The summed E-state index contributed by atoms with van der Waals surface area (Å²) in [7, 11) is 0. The van der Waals surface area contributed by atoms with E-state index in [0.29, 0.717) is 0 Å². The third-order valence-corrected chi connectivity index (χ3v) is 13.9. The monoisotopic (exact) mass is 810 g/mol. The van der Waals surface area contributed by atoms with E-state index in [1.807, 2.05) is 0 Å². The maximum absolute atomic E-state index is 2.54. The van der Waals surface area contributed by atoms with Crippen LogP contribution < -0.4 is 0 Å². The second-order valence-corrected chi connectivity index (χ2v) is 17.2. The normalized spacial score (nSPS) is 12.1. The second kappa shape index (κ2) is 13.5. The van der Waals surface area contributed by atoms with E-state index in [4.69, 9.17) is 0 Å². The van der Waals surface area contributed by atoms with Gasteiger partial charge in [-0.1, -0.05) is 188 Å². The quantitative estimate of drug-likeness (QED) is 0.164. The molecule has 0 aliphatic heterocycles. The summed E-state index contributed by atoms with van der Waals surface area (Å²) in [5, 5.41) is 10.1. The fourth-order valence-corrected chi connectivity index (χ4v) is 11.0. The Morgan fingerprint density at radius 3 is 1.61 bits per heavy atom. The van der Waals surface area contributed by atoms with E-state index in [1.54, 1.807) is 0 Å². The maximum atomic E-state index is 2.54. The van der Waals surface area contributed by atoms with Crippen LogP contribution in [0, 0.1) is 0 Å². The number of rotatable bonds is 5. The highest BCUT2D eigenvalue weighted by Gasteiger charge is 2.23. The minimum absolute atomic E-state index is 1.16. The number of para-hydroxylation sites is 3. The maximum Gasteiger partial charge on any atom is 0.0619 e. The van der Waals surface area contributed by atoms with Crippen LogP contribution in [0.2, 0.25) is 0 Å². The average Bonchev–Trinajstić information content (AvgIpc) is 4.00. The van der Waals surface area contributed by atoms with Crippen molar-refractivity contribution in [2.24, 2.45) is 0 Å². The molecule has 0 saturated heterocycles. The molecular formula is C62H38N2. The lowest BCUT2D eigenvalue weighted by atomic mass is 9.92. The zero-order chi connectivity index (χ0) is 41.9. The Balaban J connectivity index is 0.980. The van der Waals surface area contributed by atoms with Crippen molar-refractivity contribution < 1.29 is 0 Å². The summed E-state index contributed by atoms with van der Waals surface area (Å²) in [6.45, 7) is 0. The van der Waals surface area contributed by atoms with Crippen LogP contribution in [0.5, 0.6) is 0 Å². The van der Waals surface area contributed by atoms with Crippen molar-refractivity contribution in [2.45, 2.75) is 0 Å². The lowest BCUT2D eigenvalue weighted by Crippen LogP contribution is -1.98. The van der Waals surface area contributed by atoms with Gasteiger partial charge in [0.15, 0.2) is 0 Å². The van der Waals surface area contributed by atoms with Gasteiger partial charge in [0.1, 0.15) is 0 Å². The van der Waals surface area contributed by atoms with Gasteiger partial charge < -0.3 is 9.13 Å². The molecule has 2 heteroatoms. The number of hydrogen-bond acceptors (Lipinski definition) is 0. The van der Waals surface area contributed by atoms with Gasteiger partial charge in [-0.2, -0.15) is 0 Å². The highest BCUT2D eigenvalue weighted by Crippen LogP contribution is 2.50. The average molecular weight is 811 g/mol. The van der Waals surface area contributed by atoms with Crippen molar-refractivity contribution >= 4 is 65.2 Å². The van der Waals surface area contributed by atoms with E-state index in [-0.39, 0.29) is 0 Å². The van der Waals surface area contributed by atoms with Gasteiger partial charge in [0.05, 0.1) is 27.8 Å². The molecule has 0 amide bonds. The van der Waals surface area contributed by atoms with Gasteiger partial charge in [0.25, 0.3) is 0 Å². The molecule has 0 N–H and O–H groups in total. The standard InChI is InChI=1S/C62H38N2/c1-2-17-44(18-3-1)63-58-27-11-9-23-50(58)51-31-29-40(37-59(51)63)41-30-32-52-56-33-28-39-14-4-5-20-47(39)62(56)64(60(52)38-41)57-26-10-8-19-46(57)43-16-12-15-42(36-43)45-34-35-55-49-22-7-6-21-48(49)54-25-13-24-53(45)61(54)55/h1-38H. The molecule has 296 valence electrons. The molecule has 0 unspecified atom stereocenters. The Morgan fingerprint density at radius 1 is 0.250 bits per heavy atom. The van der Waals surface area contributed by atoms with Gasteiger partial charge >= 0.3 is 0 Å². The van der Waals surface area contributed by atoms with Crippen molar-refractivity contribution in [3.63, 3.8) is 0 Å². The molecule has 0 atom stereocenters. The van der Waals surface area contributed by atoms with E-state index in [1.165, 1.54) is 121 Å². The number of benzene rings is 11. The zero-order valence-corrected chi connectivity index (χ0v) is 34.8. The van der Waals surface area contributed by atoms with Crippen molar-refractivity contribution in [2.75, 3.05) is 0 Å². The van der Waals surface area contributed by atoms with Crippen LogP contribution in [0.25, 0.3) is 132 Å². The van der Waals surface area contributed by atoms with Crippen LogP contribution in [-0.2, 0) is 0 Å². The molecule has 11 aromatic carbocycles. The van der Waals surface area contributed by atoms with Gasteiger partial charge in [-0.3, -0.25) is 0 Å². The highest BCUT2D eigenvalue weighted by atomic mass is 15.0. The van der Waals surface area contributed by atoms with E-state index in [0.717, 1.165) is 11.4 Å². The summed E-state index contributed by atoms with van der Waals surface area (Å²) in [6, 6.07) is 85.3. The summed E-state index contributed by atoms with van der Waals surface area (Å²) in [4.78, 5) is 0. The number of aromatic nitrogens is 2. The van der Waals surface area contributed by atoms with Crippen LogP contribution in [0.4, 0.5) is 0 Å². The number of nitrogens with zero attached hydrogens (tertiary/aromatic N) is 2. The van der Waals surface area contributed by atoms with E-state index < -0.39 is 0 Å². The molecule has 0 bridgehead atoms. The van der Waals surface area contributed by atoms with Crippen LogP contribution in [0.1, 0.15) is 0 Å². The molecule has 0 radical (unpaired) electrons. The third kappa shape index (κ3) is 5.02. The molecule has 2 heterocycles. The number of fused-ring (bicyclic) bond motifs is 11. The van der Waals surface area contributed by atoms with Gasteiger partial charge in [0.2, 0.25) is 0 Å². The topological polar surface area (TPSA) is 9.86 Å². The minimum atomic E-state index is 1.16. The van der Waals surface area contributed by atoms with Gasteiger partial charge in [0, 0.05) is 38.2 Å². The Kier molecular flexibility index (Phi) is 7.43.